The normalized spacial score (nSPS) is 11.3. The second-order valence-corrected chi connectivity index (χ2v) is 5.18. The molecule has 1 nitrogen and oxygen atoms in total. The molecular weight excluding hydrogens is 240 g/mol. The first-order chi connectivity index (χ1) is 8.77. The predicted molar refractivity (Wildman–Crippen MR) is 79.1 cm³/mol. The Labute approximate surface area is 112 Å². The summed E-state index contributed by atoms with van der Waals surface area (Å²) in [5.74, 6) is 0.594. The largest absolute Gasteiger partial charge is 0.254 e. The molecule has 96 valence electrons. The average molecular weight is 260 g/mol. The number of hydrogen-bond donors (Lipinski definition) is 0. The quantitative estimate of drug-likeness (QED) is 0.803. The fourth-order valence-electron chi connectivity index (χ4n) is 1.57. The second kappa shape index (κ2) is 7.83. The molecule has 0 aromatic heterocycles. The number of aryl methyl sites for hydroxylation is 1. The molecular formula is C16H20OS. The lowest BCUT2D eigenvalue weighted by atomic mass is 10.1. The fraction of sp³-hybridized carbons (Fsp3) is 0.250. The Morgan fingerprint density at radius 3 is 2.06 bits per heavy atom. The zero-order valence-electron chi connectivity index (χ0n) is 11.2. The smallest absolute Gasteiger partial charge is 0.0574 e. The highest BCUT2D eigenvalue weighted by Gasteiger charge is 2.05. The Kier molecular flexibility index (Phi) is 6.37. The Morgan fingerprint density at radius 2 is 1.44 bits per heavy atom. The van der Waals surface area contributed by atoms with Crippen LogP contribution in [0.1, 0.15) is 25.0 Å². The van der Waals surface area contributed by atoms with Gasteiger partial charge in [-0.2, -0.15) is 0 Å². The molecule has 0 amide bonds. The summed E-state index contributed by atoms with van der Waals surface area (Å²) in [6.45, 7) is 6.05. The summed E-state index contributed by atoms with van der Waals surface area (Å²) in [7, 11) is -0.945. The van der Waals surface area contributed by atoms with E-state index >= 15 is 0 Å². The van der Waals surface area contributed by atoms with Crippen molar-refractivity contribution >= 4 is 10.8 Å². The van der Waals surface area contributed by atoms with E-state index in [1.165, 1.54) is 5.56 Å². The molecule has 0 aliphatic heterocycles. The first kappa shape index (κ1) is 14.7. The fourth-order valence-corrected chi connectivity index (χ4v) is 2.80. The van der Waals surface area contributed by atoms with Crippen LogP contribution in [0.3, 0.4) is 0 Å². The van der Waals surface area contributed by atoms with E-state index in [9.17, 15) is 4.21 Å². The lowest BCUT2D eigenvalue weighted by Crippen LogP contribution is -1.97. The molecule has 1 atom stereocenters. The van der Waals surface area contributed by atoms with Crippen LogP contribution in [-0.2, 0) is 16.6 Å². The maximum absolute atomic E-state index is 12.1. The van der Waals surface area contributed by atoms with Crippen LogP contribution in [-0.4, -0.2) is 4.21 Å². The van der Waals surface area contributed by atoms with Crippen molar-refractivity contribution in [2.75, 3.05) is 0 Å². The summed E-state index contributed by atoms with van der Waals surface area (Å²) in [6, 6.07) is 17.7. The van der Waals surface area contributed by atoms with Crippen molar-refractivity contribution in [3.63, 3.8) is 0 Å². The molecule has 2 heteroatoms. The molecule has 2 rings (SSSR count). The van der Waals surface area contributed by atoms with Gasteiger partial charge in [0.1, 0.15) is 0 Å². The zero-order chi connectivity index (χ0) is 13.4. The summed E-state index contributed by atoms with van der Waals surface area (Å²) in [4.78, 5) is 0.894. The van der Waals surface area contributed by atoms with Gasteiger partial charge in [0, 0.05) is 4.90 Å². The van der Waals surface area contributed by atoms with Gasteiger partial charge in [0.25, 0.3) is 0 Å². The maximum Gasteiger partial charge on any atom is 0.0574 e. The van der Waals surface area contributed by atoms with Gasteiger partial charge in [-0.05, 0) is 30.2 Å². The van der Waals surface area contributed by atoms with Gasteiger partial charge < -0.3 is 0 Å². The summed E-state index contributed by atoms with van der Waals surface area (Å²) in [5.41, 5.74) is 2.36. The Hall–Kier alpha value is -1.41. The van der Waals surface area contributed by atoms with Crippen LogP contribution in [0, 0.1) is 6.92 Å². The molecule has 0 N–H and O–H groups in total. The van der Waals surface area contributed by atoms with Gasteiger partial charge in [-0.1, -0.05) is 56.3 Å². The molecule has 0 saturated heterocycles. The first-order valence-corrected chi connectivity index (χ1v) is 7.57. The Balaban J connectivity index is 0.000000771. The molecule has 0 bridgehead atoms. The number of rotatable bonds is 3. The van der Waals surface area contributed by atoms with Gasteiger partial charge in [0.15, 0.2) is 0 Å². The highest BCUT2D eigenvalue weighted by molar-refractivity contribution is 7.84. The van der Waals surface area contributed by atoms with E-state index in [1.54, 1.807) is 0 Å². The molecule has 0 heterocycles. The lowest BCUT2D eigenvalue weighted by Gasteiger charge is -2.05. The lowest BCUT2D eigenvalue weighted by molar-refractivity contribution is 0.682. The summed E-state index contributed by atoms with van der Waals surface area (Å²) >= 11 is 0. The molecule has 1 unspecified atom stereocenters. The van der Waals surface area contributed by atoms with Gasteiger partial charge in [-0.3, -0.25) is 4.21 Å². The molecule has 0 radical (unpaired) electrons. The molecule has 2 aromatic carbocycles. The van der Waals surface area contributed by atoms with E-state index in [4.69, 9.17) is 0 Å². The van der Waals surface area contributed by atoms with Crippen molar-refractivity contribution in [1.82, 2.24) is 0 Å². The van der Waals surface area contributed by atoms with E-state index in [1.807, 2.05) is 62.4 Å². The van der Waals surface area contributed by atoms with E-state index in [0.717, 1.165) is 10.5 Å². The van der Waals surface area contributed by atoms with Crippen LogP contribution in [0.4, 0.5) is 0 Å². The average Bonchev–Trinajstić information content (AvgIpc) is 2.44. The standard InChI is InChI=1S/C14H14OS.C2H6/c1-12-7-5-6-8-13(12)11-16(15)14-9-3-2-4-10-14;1-2/h2-10H,11H2,1H3;1-2H3. The summed E-state index contributed by atoms with van der Waals surface area (Å²) in [6.07, 6.45) is 0. The van der Waals surface area contributed by atoms with E-state index < -0.39 is 10.8 Å². The van der Waals surface area contributed by atoms with Gasteiger partial charge in [-0.25, -0.2) is 0 Å². The number of hydrogen-bond acceptors (Lipinski definition) is 1. The Morgan fingerprint density at radius 1 is 0.889 bits per heavy atom. The van der Waals surface area contributed by atoms with Gasteiger partial charge in [0.2, 0.25) is 0 Å². The van der Waals surface area contributed by atoms with Crippen molar-refractivity contribution in [2.45, 2.75) is 31.4 Å². The molecule has 18 heavy (non-hydrogen) atoms. The third-order valence-electron chi connectivity index (χ3n) is 2.55. The van der Waals surface area contributed by atoms with Crippen molar-refractivity contribution in [2.24, 2.45) is 0 Å². The van der Waals surface area contributed by atoms with E-state index in [0.29, 0.717) is 5.75 Å². The van der Waals surface area contributed by atoms with Crippen LogP contribution in [0.15, 0.2) is 59.5 Å². The van der Waals surface area contributed by atoms with E-state index in [2.05, 4.69) is 13.0 Å². The van der Waals surface area contributed by atoms with E-state index in [-0.39, 0.29) is 0 Å². The second-order valence-electron chi connectivity index (χ2n) is 3.73. The van der Waals surface area contributed by atoms with Gasteiger partial charge >= 0.3 is 0 Å². The van der Waals surface area contributed by atoms with Crippen molar-refractivity contribution in [1.29, 1.82) is 0 Å². The number of benzene rings is 2. The van der Waals surface area contributed by atoms with Crippen LogP contribution in [0.5, 0.6) is 0 Å². The third kappa shape index (κ3) is 4.11. The zero-order valence-corrected chi connectivity index (χ0v) is 12.0. The van der Waals surface area contributed by atoms with Crippen molar-refractivity contribution in [3.05, 3.63) is 65.7 Å². The Bertz CT molecular complexity index is 491. The van der Waals surface area contributed by atoms with Crippen molar-refractivity contribution < 1.29 is 4.21 Å². The monoisotopic (exact) mass is 260 g/mol. The topological polar surface area (TPSA) is 17.1 Å². The molecule has 2 aromatic rings. The van der Waals surface area contributed by atoms with Gasteiger partial charge in [0.05, 0.1) is 16.6 Å². The molecule has 0 saturated carbocycles. The van der Waals surface area contributed by atoms with Crippen LogP contribution >= 0.6 is 0 Å². The SMILES string of the molecule is CC.Cc1ccccc1CS(=O)c1ccccc1. The minimum absolute atomic E-state index is 0.594. The molecule has 0 spiro atoms. The predicted octanol–water partition coefficient (Wildman–Crippen LogP) is 4.33. The highest BCUT2D eigenvalue weighted by Crippen LogP contribution is 2.14. The third-order valence-corrected chi connectivity index (χ3v) is 3.93. The van der Waals surface area contributed by atoms with Crippen LogP contribution < -0.4 is 0 Å². The minimum Gasteiger partial charge on any atom is -0.254 e. The van der Waals surface area contributed by atoms with Crippen LogP contribution in [0.25, 0.3) is 0 Å². The molecule has 0 fully saturated rings. The van der Waals surface area contributed by atoms with Gasteiger partial charge in [-0.15, -0.1) is 0 Å². The summed E-state index contributed by atoms with van der Waals surface area (Å²) < 4.78 is 12.1. The minimum atomic E-state index is -0.945. The molecule has 0 aliphatic carbocycles. The molecule has 0 aliphatic rings. The van der Waals surface area contributed by atoms with Crippen molar-refractivity contribution in [3.8, 4) is 0 Å². The summed E-state index contributed by atoms with van der Waals surface area (Å²) in [5, 5.41) is 0. The maximum atomic E-state index is 12.1. The highest BCUT2D eigenvalue weighted by atomic mass is 32.2. The first-order valence-electron chi connectivity index (χ1n) is 6.25. The van der Waals surface area contributed by atoms with Crippen LogP contribution in [0.2, 0.25) is 0 Å².